The highest BCUT2D eigenvalue weighted by atomic mass is 19.1. The number of aliphatic carboxylic acids is 1. The monoisotopic (exact) mass is 385 g/mol. The Kier molecular flexibility index (Phi) is 6.55. The van der Waals surface area contributed by atoms with Crippen molar-refractivity contribution in [3.8, 4) is 17.6 Å². The number of rotatable bonds is 7. The van der Waals surface area contributed by atoms with E-state index in [4.69, 9.17) is 15.1 Å². The molecule has 0 spiro atoms. The summed E-state index contributed by atoms with van der Waals surface area (Å²) in [5, 5.41) is 22.9. The first kappa shape index (κ1) is 20.7. The van der Waals surface area contributed by atoms with Crippen LogP contribution < -0.4 is 15.4 Å². The second-order valence-corrected chi connectivity index (χ2v) is 6.71. The van der Waals surface area contributed by atoms with E-state index in [0.717, 1.165) is 6.07 Å². The Morgan fingerprint density at radius 3 is 2.57 bits per heavy atom. The molecule has 0 aromatic heterocycles. The molecule has 3 N–H and O–H groups in total. The van der Waals surface area contributed by atoms with Crippen molar-refractivity contribution in [3.63, 3.8) is 0 Å². The number of amides is 2. The molecule has 7 nitrogen and oxygen atoms in total. The number of para-hydroxylation sites is 1. The van der Waals surface area contributed by atoms with Gasteiger partial charge in [-0.2, -0.15) is 5.26 Å². The number of carboxylic acids is 1. The van der Waals surface area contributed by atoms with Crippen LogP contribution in [-0.2, 0) is 4.79 Å². The molecule has 0 aliphatic carbocycles. The summed E-state index contributed by atoms with van der Waals surface area (Å²) < 4.78 is 19.8. The SMILES string of the molecule is CC(C)(CCC(=O)O)NC(=O)Nc1ccc(Oc2ccccc2C#N)c(F)c1. The Hall–Kier alpha value is -3.60. The maximum Gasteiger partial charge on any atom is 0.319 e. The summed E-state index contributed by atoms with van der Waals surface area (Å²) in [4.78, 5) is 22.7. The fourth-order valence-electron chi connectivity index (χ4n) is 2.38. The van der Waals surface area contributed by atoms with Crippen molar-refractivity contribution >= 4 is 17.7 Å². The van der Waals surface area contributed by atoms with E-state index in [1.807, 2.05) is 6.07 Å². The zero-order valence-electron chi connectivity index (χ0n) is 15.5. The van der Waals surface area contributed by atoms with Crippen LogP contribution in [0.3, 0.4) is 0 Å². The molecule has 0 fully saturated rings. The summed E-state index contributed by atoms with van der Waals surface area (Å²) in [5.41, 5.74) is -0.275. The molecular weight excluding hydrogens is 365 g/mol. The number of carbonyl (C=O) groups excluding carboxylic acids is 1. The largest absolute Gasteiger partial charge is 0.481 e. The van der Waals surface area contributed by atoms with Gasteiger partial charge in [-0.15, -0.1) is 0 Å². The standard InChI is InChI=1S/C20H20FN3O4/c1-20(2,10-9-18(25)26)24-19(27)23-14-7-8-17(15(21)11-14)28-16-6-4-3-5-13(16)12-22/h3-8,11H,9-10H2,1-2H3,(H,25,26)(H2,23,24,27). The summed E-state index contributed by atoms with van der Waals surface area (Å²) in [7, 11) is 0. The lowest BCUT2D eigenvalue weighted by Gasteiger charge is -2.25. The Morgan fingerprint density at radius 1 is 1.21 bits per heavy atom. The lowest BCUT2D eigenvalue weighted by Crippen LogP contribution is -2.45. The number of benzene rings is 2. The summed E-state index contributed by atoms with van der Waals surface area (Å²) in [5.74, 6) is -1.53. The predicted molar refractivity (Wildman–Crippen MR) is 101 cm³/mol. The molecule has 2 amide bonds. The smallest absolute Gasteiger partial charge is 0.319 e. The number of nitriles is 1. The number of nitrogens with zero attached hydrogens (tertiary/aromatic N) is 1. The van der Waals surface area contributed by atoms with Crippen molar-refractivity contribution in [3.05, 3.63) is 53.8 Å². The number of carboxylic acid groups (broad SMARTS) is 1. The van der Waals surface area contributed by atoms with Crippen LogP contribution in [0.4, 0.5) is 14.9 Å². The van der Waals surface area contributed by atoms with E-state index in [9.17, 15) is 14.0 Å². The molecule has 0 unspecified atom stereocenters. The van der Waals surface area contributed by atoms with Gasteiger partial charge < -0.3 is 20.5 Å². The molecule has 146 valence electrons. The average Bonchev–Trinajstić information content (AvgIpc) is 2.62. The van der Waals surface area contributed by atoms with Gasteiger partial charge in [0.2, 0.25) is 0 Å². The normalized spacial score (nSPS) is 10.6. The van der Waals surface area contributed by atoms with E-state index in [1.165, 1.54) is 12.1 Å². The molecule has 0 heterocycles. The summed E-state index contributed by atoms with van der Waals surface area (Å²) >= 11 is 0. The molecule has 0 saturated heterocycles. The highest BCUT2D eigenvalue weighted by molar-refractivity contribution is 5.89. The fraction of sp³-hybridized carbons (Fsp3) is 0.250. The molecule has 2 aromatic carbocycles. The van der Waals surface area contributed by atoms with Crippen molar-refractivity contribution in [2.24, 2.45) is 0 Å². The van der Waals surface area contributed by atoms with Crippen LogP contribution in [0.25, 0.3) is 0 Å². The zero-order chi connectivity index (χ0) is 20.7. The van der Waals surface area contributed by atoms with Gasteiger partial charge in [-0.3, -0.25) is 4.79 Å². The number of nitrogens with one attached hydrogen (secondary N) is 2. The molecule has 0 atom stereocenters. The van der Waals surface area contributed by atoms with Crippen molar-refractivity contribution < 1.29 is 23.8 Å². The van der Waals surface area contributed by atoms with Crippen LogP contribution in [0, 0.1) is 17.1 Å². The van der Waals surface area contributed by atoms with E-state index in [2.05, 4.69) is 10.6 Å². The summed E-state index contributed by atoms with van der Waals surface area (Å²) in [6, 6.07) is 11.7. The number of carbonyl (C=O) groups is 2. The fourth-order valence-corrected chi connectivity index (χ4v) is 2.38. The second kappa shape index (κ2) is 8.86. The van der Waals surface area contributed by atoms with Crippen molar-refractivity contribution in [1.82, 2.24) is 5.32 Å². The van der Waals surface area contributed by atoms with Gasteiger partial charge in [0.15, 0.2) is 11.6 Å². The van der Waals surface area contributed by atoms with Gasteiger partial charge >= 0.3 is 12.0 Å². The molecule has 0 saturated carbocycles. The molecule has 2 rings (SSSR count). The van der Waals surface area contributed by atoms with Crippen LogP contribution in [0.2, 0.25) is 0 Å². The van der Waals surface area contributed by atoms with Crippen molar-refractivity contribution in [2.45, 2.75) is 32.2 Å². The predicted octanol–water partition coefficient (Wildman–Crippen LogP) is 4.25. The van der Waals surface area contributed by atoms with Gasteiger partial charge in [-0.1, -0.05) is 12.1 Å². The van der Waals surface area contributed by atoms with Gasteiger partial charge in [0.05, 0.1) is 5.56 Å². The van der Waals surface area contributed by atoms with E-state index >= 15 is 0 Å². The van der Waals surface area contributed by atoms with Crippen molar-refractivity contribution in [1.29, 1.82) is 5.26 Å². The first-order valence-electron chi connectivity index (χ1n) is 8.48. The van der Waals surface area contributed by atoms with E-state index in [0.29, 0.717) is 0 Å². The van der Waals surface area contributed by atoms with Gasteiger partial charge in [0.25, 0.3) is 0 Å². The number of halogens is 1. The topological polar surface area (TPSA) is 111 Å². The number of anilines is 1. The molecule has 0 bridgehead atoms. The number of hydrogen-bond acceptors (Lipinski definition) is 4. The molecule has 0 radical (unpaired) electrons. The summed E-state index contributed by atoms with van der Waals surface area (Å²) in [6.07, 6.45) is 0.160. The molecule has 28 heavy (non-hydrogen) atoms. The average molecular weight is 385 g/mol. The van der Waals surface area contributed by atoms with Gasteiger partial charge in [0.1, 0.15) is 11.8 Å². The third kappa shape index (κ3) is 5.99. The molecule has 2 aromatic rings. The van der Waals surface area contributed by atoms with E-state index in [1.54, 1.807) is 38.1 Å². The van der Waals surface area contributed by atoms with E-state index < -0.39 is 23.4 Å². The first-order valence-corrected chi connectivity index (χ1v) is 8.48. The first-order chi connectivity index (χ1) is 13.2. The Balaban J connectivity index is 2.03. The lowest BCUT2D eigenvalue weighted by atomic mass is 9.99. The molecule has 0 aliphatic rings. The minimum Gasteiger partial charge on any atom is -0.481 e. The third-order valence-corrected chi connectivity index (χ3v) is 3.83. The van der Waals surface area contributed by atoms with Crippen LogP contribution in [0.15, 0.2) is 42.5 Å². The van der Waals surface area contributed by atoms with Gasteiger partial charge in [-0.25, -0.2) is 9.18 Å². The van der Waals surface area contributed by atoms with Crippen LogP contribution in [0.5, 0.6) is 11.5 Å². The van der Waals surface area contributed by atoms with E-state index in [-0.39, 0.29) is 35.6 Å². The van der Waals surface area contributed by atoms with Crippen LogP contribution in [-0.4, -0.2) is 22.6 Å². The maximum atomic E-state index is 14.3. The van der Waals surface area contributed by atoms with Crippen LogP contribution in [0.1, 0.15) is 32.3 Å². The number of ether oxygens (including phenoxy) is 1. The lowest BCUT2D eigenvalue weighted by molar-refractivity contribution is -0.137. The highest BCUT2D eigenvalue weighted by Crippen LogP contribution is 2.28. The molecular formula is C20H20FN3O4. The second-order valence-electron chi connectivity index (χ2n) is 6.71. The highest BCUT2D eigenvalue weighted by Gasteiger charge is 2.21. The Labute approximate surface area is 161 Å². The number of hydrogen-bond donors (Lipinski definition) is 3. The van der Waals surface area contributed by atoms with Crippen LogP contribution >= 0.6 is 0 Å². The molecule has 0 aliphatic heterocycles. The van der Waals surface area contributed by atoms with Gasteiger partial charge in [0, 0.05) is 23.7 Å². The summed E-state index contributed by atoms with van der Waals surface area (Å²) in [6.45, 7) is 3.39. The maximum absolute atomic E-state index is 14.3. The number of urea groups is 1. The minimum atomic E-state index is -0.953. The molecule has 8 heteroatoms. The third-order valence-electron chi connectivity index (χ3n) is 3.83. The minimum absolute atomic E-state index is 0.0852. The van der Waals surface area contributed by atoms with Crippen molar-refractivity contribution in [2.75, 3.05) is 5.32 Å². The zero-order valence-corrected chi connectivity index (χ0v) is 15.5. The van der Waals surface area contributed by atoms with Gasteiger partial charge in [-0.05, 0) is 44.5 Å². The Bertz CT molecular complexity index is 922. The quantitative estimate of drug-likeness (QED) is 0.659. The Morgan fingerprint density at radius 2 is 1.93 bits per heavy atom.